The molecule has 150 valence electrons. The van der Waals surface area contributed by atoms with Crippen molar-refractivity contribution in [2.45, 2.75) is 59.2 Å². The summed E-state index contributed by atoms with van der Waals surface area (Å²) >= 11 is 0. The van der Waals surface area contributed by atoms with Gasteiger partial charge in [0.1, 0.15) is 11.9 Å². The molecular weight excluding hydrogens is 355 g/mol. The van der Waals surface area contributed by atoms with Crippen LogP contribution in [0.1, 0.15) is 43.9 Å². The maximum Gasteiger partial charge on any atom is 0.242 e. The van der Waals surface area contributed by atoms with Gasteiger partial charge in [-0.05, 0) is 50.5 Å². The minimum Gasteiger partial charge on any atom is -0.352 e. The van der Waals surface area contributed by atoms with Crippen LogP contribution in [0.2, 0.25) is 0 Å². The summed E-state index contributed by atoms with van der Waals surface area (Å²) in [4.78, 5) is 27.3. The Morgan fingerprint density at radius 1 is 1.07 bits per heavy atom. The highest BCUT2D eigenvalue weighted by Crippen LogP contribution is 2.14. The largest absolute Gasteiger partial charge is 0.352 e. The van der Waals surface area contributed by atoms with Crippen molar-refractivity contribution in [3.8, 4) is 0 Å². The zero-order valence-electron chi connectivity index (χ0n) is 17.0. The molecule has 5 heteroatoms. The lowest BCUT2D eigenvalue weighted by Crippen LogP contribution is -2.49. The van der Waals surface area contributed by atoms with Crippen molar-refractivity contribution < 1.29 is 14.0 Å². The Morgan fingerprint density at radius 2 is 1.75 bits per heavy atom. The van der Waals surface area contributed by atoms with E-state index in [1.54, 1.807) is 24.0 Å². The highest BCUT2D eigenvalue weighted by atomic mass is 19.1. The molecule has 0 bridgehead atoms. The van der Waals surface area contributed by atoms with Gasteiger partial charge in [-0.25, -0.2) is 4.39 Å². The lowest BCUT2D eigenvalue weighted by Gasteiger charge is -2.30. The van der Waals surface area contributed by atoms with Crippen molar-refractivity contribution in [3.05, 3.63) is 71.0 Å². The summed E-state index contributed by atoms with van der Waals surface area (Å²) in [5.41, 5.74) is 2.78. The third-order valence-corrected chi connectivity index (χ3v) is 4.87. The van der Waals surface area contributed by atoms with Gasteiger partial charge in [-0.3, -0.25) is 9.59 Å². The van der Waals surface area contributed by atoms with Gasteiger partial charge < -0.3 is 10.2 Å². The van der Waals surface area contributed by atoms with Gasteiger partial charge in [0, 0.05) is 12.6 Å². The molecule has 0 heterocycles. The lowest BCUT2D eigenvalue weighted by molar-refractivity contribution is -0.140. The smallest absolute Gasteiger partial charge is 0.242 e. The van der Waals surface area contributed by atoms with Crippen molar-refractivity contribution in [1.29, 1.82) is 0 Å². The minimum atomic E-state index is -0.609. The monoisotopic (exact) mass is 384 g/mol. The summed E-state index contributed by atoms with van der Waals surface area (Å²) < 4.78 is 13.1. The predicted octanol–water partition coefficient (Wildman–Crippen LogP) is 4.01. The van der Waals surface area contributed by atoms with Gasteiger partial charge in [-0.15, -0.1) is 0 Å². The van der Waals surface area contributed by atoms with E-state index in [2.05, 4.69) is 5.32 Å². The van der Waals surface area contributed by atoms with Crippen LogP contribution in [0, 0.1) is 12.7 Å². The van der Waals surface area contributed by atoms with E-state index in [1.165, 1.54) is 12.1 Å². The number of halogens is 1. The first-order valence-electron chi connectivity index (χ1n) is 9.70. The van der Waals surface area contributed by atoms with E-state index in [-0.39, 0.29) is 30.1 Å². The van der Waals surface area contributed by atoms with Crippen LogP contribution >= 0.6 is 0 Å². The van der Waals surface area contributed by atoms with Crippen LogP contribution in [0.25, 0.3) is 0 Å². The van der Waals surface area contributed by atoms with Crippen molar-refractivity contribution in [3.63, 3.8) is 0 Å². The highest BCUT2D eigenvalue weighted by Gasteiger charge is 2.26. The Labute approximate surface area is 166 Å². The first kappa shape index (κ1) is 21.6. The molecule has 0 aliphatic heterocycles. The average molecular weight is 384 g/mol. The molecule has 2 aromatic carbocycles. The quantitative estimate of drug-likeness (QED) is 0.748. The van der Waals surface area contributed by atoms with Gasteiger partial charge in [0.25, 0.3) is 0 Å². The molecule has 2 amide bonds. The van der Waals surface area contributed by atoms with E-state index in [0.29, 0.717) is 6.54 Å². The number of rotatable bonds is 8. The zero-order chi connectivity index (χ0) is 20.7. The molecule has 0 radical (unpaired) electrons. The van der Waals surface area contributed by atoms with Crippen LogP contribution in [0.4, 0.5) is 4.39 Å². The predicted molar refractivity (Wildman–Crippen MR) is 109 cm³/mol. The Kier molecular flexibility index (Phi) is 7.73. The number of hydrogen-bond donors (Lipinski definition) is 1. The maximum atomic E-state index is 13.1. The summed E-state index contributed by atoms with van der Waals surface area (Å²) in [7, 11) is 0. The standard InChI is InChI=1S/C23H29FN2O2/c1-5-17(3)25-23(28)18(4)26(15-20-8-6-7-16(2)13-20)22(27)14-19-9-11-21(24)12-10-19/h6-13,17-18H,5,14-15H2,1-4H3,(H,25,28)/t17-,18-/m1/s1. The highest BCUT2D eigenvalue weighted by molar-refractivity contribution is 5.88. The number of nitrogens with one attached hydrogen (secondary N) is 1. The molecule has 4 nitrogen and oxygen atoms in total. The average Bonchev–Trinajstić information content (AvgIpc) is 2.67. The number of hydrogen-bond acceptors (Lipinski definition) is 2. The number of nitrogens with zero attached hydrogens (tertiary/aromatic N) is 1. The van der Waals surface area contributed by atoms with Crippen molar-refractivity contribution in [2.75, 3.05) is 0 Å². The van der Waals surface area contributed by atoms with E-state index in [0.717, 1.165) is 23.1 Å². The summed E-state index contributed by atoms with van der Waals surface area (Å²) in [5.74, 6) is -0.677. The summed E-state index contributed by atoms with van der Waals surface area (Å²) in [6, 6.07) is 13.2. The van der Waals surface area contributed by atoms with Crippen LogP contribution in [0.5, 0.6) is 0 Å². The Bertz CT molecular complexity index is 805. The molecule has 0 spiro atoms. The third kappa shape index (κ3) is 6.19. The molecule has 28 heavy (non-hydrogen) atoms. The molecule has 0 aliphatic rings. The van der Waals surface area contributed by atoms with Crippen LogP contribution in [-0.4, -0.2) is 28.8 Å². The first-order chi connectivity index (χ1) is 13.3. The molecule has 2 atom stereocenters. The van der Waals surface area contributed by atoms with Gasteiger partial charge in [0.15, 0.2) is 0 Å². The molecule has 0 saturated heterocycles. The lowest BCUT2D eigenvalue weighted by atomic mass is 10.1. The second-order valence-electron chi connectivity index (χ2n) is 7.31. The molecule has 1 N–H and O–H groups in total. The van der Waals surface area contributed by atoms with Gasteiger partial charge in [0.2, 0.25) is 11.8 Å². The zero-order valence-corrected chi connectivity index (χ0v) is 17.0. The van der Waals surface area contributed by atoms with Crippen molar-refractivity contribution in [2.24, 2.45) is 0 Å². The molecule has 0 aromatic heterocycles. The summed E-state index contributed by atoms with van der Waals surface area (Å²) in [6.45, 7) is 8.02. The van der Waals surface area contributed by atoms with Gasteiger partial charge in [-0.1, -0.05) is 48.9 Å². The maximum absolute atomic E-state index is 13.1. The minimum absolute atomic E-state index is 0.0444. The first-order valence-corrected chi connectivity index (χ1v) is 9.70. The Balaban J connectivity index is 2.22. The van der Waals surface area contributed by atoms with Crippen LogP contribution in [0.15, 0.2) is 48.5 Å². The number of carbonyl (C=O) groups is 2. The van der Waals surface area contributed by atoms with Crippen LogP contribution < -0.4 is 5.32 Å². The van der Waals surface area contributed by atoms with Gasteiger partial charge in [0.05, 0.1) is 6.42 Å². The molecule has 0 unspecified atom stereocenters. The topological polar surface area (TPSA) is 49.4 Å². The molecule has 2 aromatic rings. The number of amides is 2. The molecular formula is C23H29FN2O2. The normalized spacial score (nSPS) is 12.9. The van der Waals surface area contributed by atoms with Crippen molar-refractivity contribution in [1.82, 2.24) is 10.2 Å². The fourth-order valence-corrected chi connectivity index (χ4v) is 2.93. The number of benzene rings is 2. The molecule has 2 rings (SSSR count). The summed E-state index contributed by atoms with van der Waals surface area (Å²) in [6.07, 6.45) is 0.937. The van der Waals surface area contributed by atoms with Gasteiger partial charge in [-0.2, -0.15) is 0 Å². The molecule has 0 fully saturated rings. The van der Waals surface area contributed by atoms with Crippen molar-refractivity contribution >= 4 is 11.8 Å². The van der Waals surface area contributed by atoms with Crippen LogP contribution in [-0.2, 0) is 22.6 Å². The SMILES string of the molecule is CC[C@@H](C)NC(=O)[C@@H](C)N(Cc1cccc(C)c1)C(=O)Cc1ccc(F)cc1. The van der Waals surface area contributed by atoms with E-state index in [1.807, 2.05) is 45.0 Å². The second kappa shape index (κ2) is 10.0. The van der Waals surface area contributed by atoms with E-state index in [4.69, 9.17) is 0 Å². The second-order valence-corrected chi connectivity index (χ2v) is 7.31. The molecule has 0 aliphatic carbocycles. The van der Waals surface area contributed by atoms with E-state index in [9.17, 15) is 14.0 Å². The van der Waals surface area contributed by atoms with Gasteiger partial charge >= 0.3 is 0 Å². The fraction of sp³-hybridized carbons (Fsp3) is 0.391. The fourth-order valence-electron chi connectivity index (χ4n) is 2.93. The third-order valence-electron chi connectivity index (χ3n) is 4.87. The Morgan fingerprint density at radius 3 is 2.36 bits per heavy atom. The van der Waals surface area contributed by atoms with E-state index >= 15 is 0 Å². The van der Waals surface area contributed by atoms with E-state index < -0.39 is 6.04 Å². The number of carbonyl (C=O) groups excluding carboxylic acids is 2. The van der Waals surface area contributed by atoms with Crippen LogP contribution in [0.3, 0.4) is 0 Å². The summed E-state index contributed by atoms with van der Waals surface area (Å²) in [5, 5.41) is 2.95. The number of aryl methyl sites for hydroxylation is 1. The molecule has 0 saturated carbocycles. The Hall–Kier alpha value is -2.69.